The summed E-state index contributed by atoms with van der Waals surface area (Å²) in [7, 11) is 1.66. The Hall–Kier alpha value is -2.30. The third kappa shape index (κ3) is 4.12. The number of nitrogens with zero attached hydrogens (tertiary/aromatic N) is 2. The monoisotopic (exact) mass is 272 g/mol. The van der Waals surface area contributed by atoms with Crippen LogP contribution in [0.25, 0.3) is 0 Å². The first-order chi connectivity index (χ1) is 9.67. The van der Waals surface area contributed by atoms with E-state index in [2.05, 4.69) is 34.4 Å². The minimum atomic E-state index is 0.347. The van der Waals surface area contributed by atoms with Crippen LogP contribution in [0.15, 0.2) is 36.5 Å². The van der Waals surface area contributed by atoms with Crippen LogP contribution < -0.4 is 15.4 Å². The largest absolute Gasteiger partial charge is 0.497 e. The Morgan fingerprint density at radius 3 is 2.55 bits per heavy atom. The molecule has 5 heteroatoms. The fourth-order valence-electron chi connectivity index (χ4n) is 1.74. The summed E-state index contributed by atoms with van der Waals surface area (Å²) in [5.74, 6) is 2.30. The Labute approximate surface area is 119 Å². The molecule has 0 spiro atoms. The summed E-state index contributed by atoms with van der Waals surface area (Å²) in [6.07, 6.45) is 1.74. The van der Waals surface area contributed by atoms with Crippen LogP contribution in [-0.2, 0) is 6.54 Å². The van der Waals surface area contributed by atoms with E-state index in [1.165, 1.54) is 0 Å². The van der Waals surface area contributed by atoms with E-state index < -0.39 is 0 Å². The molecule has 1 aromatic carbocycles. The fraction of sp³-hybridized carbons (Fsp3) is 0.333. The number of ether oxygens (including phenoxy) is 1. The van der Waals surface area contributed by atoms with Crippen molar-refractivity contribution in [1.82, 2.24) is 9.97 Å². The Bertz CT molecular complexity index is 540. The number of hydrogen-bond donors (Lipinski definition) is 2. The van der Waals surface area contributed by atoms with E-state index in [1.54, 1.807) is 13.3 Å². The van der Waals surface area contributed by atoms with Crippen molar-refractivity contribution in [2.45, 2.75) is 26.4 Å². The summed E-state index contributed by atoms with van der Waals surface area (Å²) in [5, 5.41) is 6.46. The molecule has 0 fully saturated rings. The molecule has 1 aromatic heterocycles. The summed E-state index contributed by atoms with van der Waals surface area (Å²) in [6.45, 7) is 4.83. The molecule has 0 aliphatic rings. The van der Waals surface area contributed by atoms with Gasteiger partial charge < -0.3 is 15.4 Å². The van der Waals surface area contributed by atoms with Gasteiger partial charge in [-0.25, -0.2) is 4.98 Å². The average Bonchev–Trinajstić information content (AvgIpc) is 2.45. The van der Waals surface area contributed by atoms with Crippen LogP contribution in [0.2, 0.25) is 0 Å². The van der Waals surface area contributed by atoms with Gasteiger partial charge in [-0.15, -0.1) is 0 Å². The highest BCUT2D eigenvalue weighted by Gasteiger charge is 2.01. The average molecular weight is 272 g/mol. The molecule has 20 heavy (non-hydrogen) atoms. The Balaban J connectivity index is 1.95. The lowest BCUT2D eigenvalue weighted by Gasteiger charge is -2.10. The van der Waals surface area contributed by atoms with Gasteiger partial charge in [-0.1, -0.05) is 12.1 Å². The van der Waals surface area contributed by atoms with Gasteiger partial charge in [0.15, 0.2) is 0 Å². The molecule has 106 valence electrons. The third-order valence-corrected chi connectivity index (χ3v) is 2.70. The zero-order valence-corrected chi connectivity index (χ0v) is 12.1. The second-order valence-electron chi connectivity index (χ2n) is 4.77. The third-order valence-electron chi connectivity index (χ3n) is 2.70. The summed E-state index contributed by atoms with van der Waals surface area (Å²) >= 11 is 0. The number of aromatic nitrogens is 2. The highest BCUT2D eigenvalue weighted by atomic mass is 16.5. The minimum absolute atomic E-state index is 0.347. The number of benzene rings is 1. The van der Waals surface area contributed by atoms with Gasteiger partial charge >= 0.3 is 0 Å². The maximum atomic E-state index is 5.13. The van der Waals surface area contributed by atoms with Crippen molar-refractivity contribution in [1.29, 1.82) is 0 Å². The molecule has 2 aromatic rings. The Morgan fingerprint density at radius 2 is 1.90 bits per heavy atom. The van der Waals surface area contributed by atoms with Crippen LogP contribution in [0.5, 0.6) is 5.75 Å². The lowest BCUT2D eigenvalue weighted by Crippen LogP contribution is -2.12. The van der Waals surface area contributed by atoms with Gasteiger partial charge in [-0.3, -0.25) is 0 Å². The van der Waals surface area contributed by atoms with Crippen molar-refractivity contribution in [2.75, 3.05) is 17.7 Å². The molecule has 5 nitrogen and oxygen atoms in total. The molecule has 0 aliphatic carbocycles. The fourth-order valence-corrected chi connectivity index (χ4v) is 1.74. The quantitative estimate of drug-likeness (QED) is 0.846. The number of rotatable bonds is 6. The van der Waals surface area contributed by atoms with Crippen molar-refractivity contribution >= 4 is 11.8 Å². The van der Waals surface area contributed by atoms with Gasteiger partial charge in [0.25, 0.3) is 0 Å². The van der Waals surface area contributed by atoms with Gasteiger partial charge in [0.05, 0.1) is 7.11 Å². The van der Waals surface area contributed by atoms with Crippen molar-refractivity contribution in [3.05, 3.63) is 42.1 Å². The summed E-state index contributed by atoms with van der Waals surface area (Å²) in [6, 6.07) is 10.1. The number of nitrogens with one attached hydrogen (secondary N) is 2. The molecular formula is C15H20N4O. The van der Waals surface area contributed by atoms with E-state index in [4.69, 9.17) is 4.74 Å². The van der Waals surface area contributed by atoms with Crippen molar-refractivity contribution in [3.8, 4) is 5.75 Å². The topological polar surface area (TPSA) is 59.1 Å². The van der Waals surface area contributed by atoms with E-state index in [-0.39, 0.29) is 0 Å². The molecule has 1 heterocycles. The van der Waals surface area contributed by atoms with Crippen LogP contribution in [0.3, 0.4) is 0 Å². The van der Waals surface area contributed by atoms with E-state index in [9.17, 15) is 0 Å². The van der Waals surface area contributed by atoms with Gasteiger partial charge in [-0.2, -0.15) is 4.98 Å². The first-order valence-corrected chi connectivity index (χ1v) is 6.64. The molecule has 0 aliphatic heterocycles. The maximum Gasteiger partial charge on any atom is 0.224 e. The maximum absolute atomic E-state index is 5.13. The Morgan fingerprint density at radius 1 is 1.15 bits per heavy atom. The minimum Gasteiger partial charge on any atom is -0.497 e. The van der Waals surface area contributed by atoms with Gasteiger partial charge in [0.2, 0.25) is 5.95 Å². The second kappa shape index (κ2) is 6.75. The summed E-state index contributed by atoms with van der Waals surface area (Å²) in [4.78, 5) is 8.61. The SMILES string of the molecule is COc1ccc(CNc2nccc(NC(C)C)n2)cc1. The van der Waals surface area contributed by atoms with Crippen LogP contribution in [0.4, 0.5) is 11.8 Å². The zero-order valence-electron chi connectivity index (χ0n) is 12.1. The van der Waals surface area contributed by atoms with E-state index >= 15 is 0 Å². The predicted octanol–water partition coefficient (Wildman–Crippen LogP) is 2.92. The van der Waals surface area contributed by atoms with Crippen molar-refractivity contribution in [2.24, 2.45) is 0 Å². The van der Waals surface area contributed by atoms with E-state index in [0.29, 0.717) is 18.5 Å². The molecule has 0 saturated carbocycles. The summed E-state index contributed by atoms with van der Waals surface area (Å²) < 4.78 is 5.13. The van der Waals surface area contributed by atoms with Crippen LogP contribution in [0.1, 0.15) is 19.4 Å². The van der Waals surface area contributed by atoms with Crippen LogP contribution in [-0.4, -0.2) is 23.1 Å². The van der Waals surface area contributed by atoms with Gasteiger partial charge in [0.1, 0.15) is 11.6 Å². The van der Waals surface area contributed by atoms with Crippen LogP contribution >= 0.6 is 0 Å². The first-order valence-electron chi connectivity index (χ1n) is 6.64. The van der Waals surface area contributed by atoms with E-state index in [0.717, 1.165) is 17.1 Å². The molecule has 0 radical (unpaired) electrons. The van der Waals surface area contributed by atoms with Crippen molar-refractivity contribution in [3.63, 3.8) is 0 Å². The lowest BCUT2D eigenvalue weighted by atomic mass is 10.2. The number of hydrogen-bond acceptors (Lipinski definition) is 5. The first kappa shape index (κ1) is 14.1. The van der Waals surface area contributed by atoms with Gasteiger partial charge in [0, 0.05) is 18.8 Å². The molecule has 2 N–H and O–H groups in total. The normalized spacial score (nSPS) is 10.4. The zero-order chi connectivity index (χ0) is 14.4. The molecular weight excluding hydrogens is 252 g/mol. The highest BCUT2D eigenvalue weighted by Crippen LogP contribution is 2.13. The predicted molar refractivity (Wildman–Crippen MR) is 81.1 cm³/mol. The molecule has 2 rings (SSSR count). The standard InChI is InChI=1S/C15H20N4O/c1-11(2)18-14-8-9-16-15(19-14)17-10-12-4-6-13(20-3)7-5-12/h4-9,11H,10H2,1-3H3,(H2,16,17,18,19). The van der Waals surface area contributed by atoms with Gasteiger partial charge in [-0.05, 0) is 37.6 Å². The number of methoxy groups -OCH3 is 1. The van der Waals surface area contributed by atoms with Crippen molar-refractivity contribution < 1.29 is 4.74 Å². The smallest absolute Gasteiger partial charge is 0.224 e. The molecule has 0 amide bonds. The Kier molecular flexibility index (Phi) is 4.76. The number of anilines is 2. The molecule has 0 unspecified atom stereocenters. The molecule has 0 bridgehead atoms. The molecule has 0 saturated heterocycles. The van der Waals surface area contributed by atoms with Crippen LogP contribution in [0, 0.1) is 0 Å². The summed E-state index contributed by atoms with van der Waals surface area (Å²) in [5.41, 5.74) is 1.15. The van der Waals surface area contributed by atoms with E-state index in [1.807, 2.05) is 30.3 Å². The molecule has 0 atom stereocenters. The highest BCUT2D eigenvalue weighted by molar-refractivity contribution is 5.40. The second-order valence-corrected chi connectivity index (χ2v) is 4.77. The lowest BCUT2D eigenvalue weighted by molar-refractivity contribution is 0.414.